The van der Waals surface area contributed by atoms with Crippen LogP contribution < -0.4 is 15.4 Å². The first kappa shape index (κ1) is 18.7. The van der Waals surface area contributed by atoms with Crippen LogP contribution in [0.15, 0.2) is 18.2 Å². The number of nitrogens with one attached hydrogen (secondary N) is 2. The number of hydrogen-bond acceptors (Lipinski definition) is 4. The Morgan fingerprint density at radius 2 is 2.23 bits per heavy atom. The third-order valence-electron chi connectivity index (χ3n) is 3.17. The second-order valence-electron chi connectivity index (χ2n) is 5.31. The first-order valence-corrected chi connectivity index (χ1v) is 7.09. The van der Waals surface area contributed by atoms with E-state index in [-0.39, 0.29) is 36.2 Å². The Balaban J connectivity index is 0.00000242. The summed E-state index contributed by atoms with van der Waals surface area (Å²) >= 11 is 0. The van der Waals surface area contributed by atoms with Gasteiger partial charge < -0.3 is 20.1 Å². The summed E-state index contributed by atoms with van der Waals surface area (Å²) in [6.45, 7) is 6.71. The molecule has 0 bridgehead atoms. The fourth-order valence-corrected chi connectivity index (χ4v) is 2.18. The van der Waals surface area contributed by atoms with E-state index >= 15 is 0 Å². The van der Waals surface area contributed by atoms with Gasteiger partial charge in [-0.15, -0.1) is 12.4 Å². The number of carbonyl (C=O) groups is 1. The van der Waals surface area contributed by atoms with E-state index in [1.54, 1.807) is 6.07 Å². The lowest BCUT2D eigenvalue weighted by molar-refractivity contribution is -0.123. The number of halogens is 2. The van der Waals surface area contributed by atoms with Gasteiger partial charge in [0.05, 0.1) is 24.5 Å². The number of anilines is 1. The number of carbonyl (C=O) groups excluding carboxylic acids is 1. The molecule has 0 aliphatic carbocycles. The van der Waals surface area contributed by atoms with Crippen LogP contribution in [-0.2, 0) is 9.53 Å². The molecule has 2 rings (SSSR count). The van der Waals surface area contributed by atoms with Gasteiger partial charge in [0.15, 0.2) is 0 Å². The molecule has 1 fully saturated rings. The standard InChI is InChI=1S/C15H21FN2O3.ClH/c1-9(2)21-11-4-5-13(12(16)8-11)18-15(19)14-10(3)20-7-6-17-14;/h4-5,8-10,14,17H,6-7H2,1-3H3,(H,18,19);1H/t10-,14+;/m1./s1. The first-order chi connectivity index (χ1) is 9.97. The van der Waals surface area contributed by atoms with Crippen molar-refractivity contribution in [3.63, 3.8) is 0 Å². The van der Waals surface area contributed by atoms with Crippen molar-refractivity contribution in [2.45, 2.75) is 39.0 Å². The van der Waals surface area contributed by atoms with Gasteiger partial charge in [-0.25, -0.2) is 4.39 Å². The maximum Gasteiger partial charge on any atom is 0.244 e. The average Bonchev–Trinajstić information content (AvgIpc) is 2.41. The molecule has 0 spiro atoms. The number of amides is 1. The summed E-state index contributed by atoms with van der Waals surface area (Å²) in [5.74, 6) is -0.391. The van der Waals surface area contributed by atoms with Crippen LogP contribution in [0, 0.1) is 5.82 Å². The van der Waals surface area contributed by atoms with Gasteiger partial charge in [-0.2, -0.15) is 0 Å². The minimum atomic E-state index is -0.522. The lowest BCUT2D eigenvalue weighted by Crippen LogP contribution is -2.53. The predicted octanol–water partition coefficient (Wildman–Crippen LogP) is 2.35. The van der Waals surface area contributed by atoms with Crippen molar-refractivity contribution in [3.8, 4) is 5.75 Å². The Bertz CT molecular complexity index is 514. The molecule has 0 saturated carbocycles. The highest BCUT2D eigenvalue weighted by Gasteiger charge is 2.28. The highest BCUT2D eigenvalue weighted by molar-refractivity contribution is 5.95. The molecule has 124 valence electrons. The fraction of sp³-hybridized carbons (Fsp3) is 0.533. The van der Waals surface area contributed by atoms with Crippen LogP contribution in [0.25, 0.3) is 0 Å². The normalized spacial score (nSPS) is 21.1. The molecular weight excluding hydrogens is 311 g/mol. The van der Waals surface area contributed by atoms with Crippen LogP contribution in [0.5, 0.6) is 5.75 Å². The Morgan fingerprint density at radius 1 is 1.50 bits per heavy atom. The fourth-order valence-electron chi connectivity index (χ4n) is 2.18. The van der Waals surface area contributed by atoms with Gasteiger partial charge in [0.25, 0.3) is 0 Å². The third kappa shape index (κ3) is 4.83. The van der Waals surface area contributed by atoms with Crippen LogP contribution in [0.2, 0.25) is 0 Å². The van der Waals surface area contributed by atoms with Crippen molar-refractivity contribution < 1.29 is 18.7 Å². The monoisotopic (exact) mass is 332 g/mol. The second kappa shape index (κ2) is 8.31. The maximum absolute atomic E-state index is 14.0. The molecule has 2 N–H and O–H groups in total. The average molecular weight is 333 g/mol. The second-order valence-corrected chi connectivity index (χ2v) is 5.31. The van der Waals surface area contributed by atoms with Crippen LogP contribution >= 0.6 is 12.4 Å². The van der Waals surface area contributed by atoms with Crippen LogP contribution in [-0.4, -0.2) is 37.3 Å². The number of ether oxygens (including phenoxy) is 2. The molecule has 1 aliphatic rings. The Labute approximate surface area is 136 Å². The zero-order valence-corrected chi connectivity index (χ0v) is 13.7. The van der Waals surface area contributed by atoms with E-state index in [1.165, 1.54) is 12.1 Å². The zero-order valence-electron chi connectivity index (χ0n) is 12.9. The maximum atomic E-state index is 14.0. The zero-order chi connectivity index (χ0) is 15.4. The van der Waals surface area contributed by atoms with Gasteiger partial charge in [0.2, 0.25) is 5.91 Å². The van der Waals surface area contributed by atoms with Crippen molar-refractivity contribution in [1.82, 2.24) is 5.32 Å². The molecule has 1 amide bonds. The van der Waals surface area contributed by atoms with Crippen molar-refractivity contribution >= 4 is 24.0 Å². The van der Waals surface area contributed by atoms with Crippen molar-refractivity contribution in [2.75, 3.05) is 18.5 Å². The summed E-state index contributed by atoms with van der Waals surface area (Å²) in [7, 11) is 0. The molecule has 1 aromatic rings. The first-order valence-electron chi connectivity index (χ1n) is 7.09. The summed E-state index contributed by atoms with van der Waals surface area (Å²) in [5, 5.41) is 5.64. The highest BCUT2D eigenvalue weighted by Crippen LogP contribution is 2.22. The Hall–Kier alpha value is -1.37. The molecule has 22 heavy (non-hydrogen) atoms. The van der Waals surface area contributed by atoms with Crippen LogP contribution in [0.3, 0.4) is 0 Å². The van der Waals surface area contributed by atoms with E-state index in [1.807, 2.05) is 20.8 Å². The van der Waals surface area contributed by atoms with E-state index in [9.17, 15) is 9.18 Å². The van der Waals surface area contributed by atoms with Gasteiger partial charge in [0.1, 0.15) is 17.6 Å². The molecule has 1 aliphatic heterocycles. The lowest BCUT2D eigenvalue weighted by atomic mass is 10.1. The van der Waals surface area contributed by atoms with Crippen LogP contribution in [0.1, 0.15) is 20.8 Å². The summed E-state index contributed by atoms with van der Waals surface area (Å²) in [6, 6.07) is 3.92. The van der Waals surface area contributed by atoms with E-state index in [0.29, 0.717) is 18.9 Å². The van der Waals surface area contributed by atoms with Crippen LogP contribution in [0.4, 0.5) is 10.1 Å². The summed E-state index contributed by atoms with van der Waals surface area (Å²) < 4.78 is 24.8. The van der Waals surface area contributed by atoms with Crippen molar-refractivity contribution in [3.05, 3.63) is 24.0 Å². The molecule has 5 nitrogen and oxygen atoms in total. The van der Waals surface area contributed by atoms with E-state index in [4.69, 9.17) is 9.47 Å². The largest absolute Gasteiger partial charge is 0.491 e. The topological polar surface area (TPSA) is 59.6 Å². The number of rotatable bonds is 4. The molecular formula is C15H22ClFN2O3. The Kier molecular flexibility index (Phi) is 7.06. The summed E-state index contributed by atoms with van der Waals surface area (Å²) in [4.78, 5) is 12.1. The SMILES string of the molecule is CC(C)Oc1ccc(NC(=O)[C@H]2NCCO[C@@H]2C)c(F)c1.Cl. The molecule has 2 atom stereocenters. The highest BCUT2D eigenvalue weighted by atomic mass is 35.5. The summed E-state index contributed by atoms with van der Waals surface area (Å²) in [6.07, 6.45) is -0.278. The molecule has 1 saturated heterocycles. The predicted molar refractivity (Wildman–Crippen MR) is 85.2 cm³/mol. The Morgan fingerprint density at radius 3 is 2.82 bits per heavy atom. The quantitative estimate of drug-likeness (QED) is 0.888. The minimum absolute atomic E-state index is 0. The molecule has 0 radical (unpaired) electrons. The number of hydrogen-bond donors (Lipinski definition) is 2. The molecule has 0 aromatic heterocycles. The van der Waals surface area contributed by atoms with Gasteiger partial charge in [-0.05, 0) is 32.9 Å². The van der Waals surface area contributed by atoms with Gasteiger partial charge in [-0.1, -0.05) is 0 Å². The summed E-state index contributed by atoms with van der Waals surface area (Å²) in [5.41, 5.74) is 0.135. The van der Waals surface area contributed by atoms with E-state index in [0.717, 1.165) is 0 Å². The van der Waals surface area contributed by atoms with Crippen molar-refractivity contribution in [1.29, 1.82) is 0 Å². The molecule has 1 heterocycles. The molecule has 7 heteroatoms. The van der Waals surface area contributed by atoms with E-state index < -0.39 is 11.9 Å². The van der Waals surface area contributed by atoms with Gasteiger partial charge >= 0.3 is 0 Å². The third-order valence-corrected chi connectivity index (χ3v) is 3.17. The lowest BCUT2D eigenvalue weighted by Gasteiger charge is -2.29. The van der Waals surface area contributed by atoms with E-state index in [2.05, 4.69) is 10.6 Å². The van der Waals surface area contributed by atoms with Gasteiger partial charge in [-0.3, -0.25) is 4.79 Å². The minimum Gasteiger partial charge on any atom is -0.491 e. The van der Waals surface area contributed by atoms with Gasteiger partial charge in [0, 0.05) is 12.6 Å². The smallest absolute Gasteiger partial charge is 0.244 e. The molecule has 1 aromatic carbocycles. The number of morpholine rings is 1. The number of benzene rings is 1. The molecule has 0 unspecified atom stereocenters. The van der Waals surface area contributed by atoms with Crippen molar-refractivity contribution in [2.24, 2.45) is 0 Å².